The molecule has 1 heterocycles. The Morgan fingerprint density at radius 1 is 1.14 bits per heavy atom. The third-order valence-electron chi connectivity index (χ3n) is 5.66. The van der Waals surface area contributed by atoms with Crippen molar-refractivity contribution in [3.8, 4) is 5.75 Å². The maximum atomic E-state index is 13.4. The molecule has 0 aliphatic heterocycles. The number of nitrogens with zero attached hydrogens (tertiary/aromatic N) is 3. The lowest BCUT2D eigenvalue weighted by atomic mass is 9.88. The SMILES string of the molecule is CCOc1cccc2sc(N(CCN(CC)CC)C(=O)C3CCCCC3)nc12.Cl. The van der Waals surface area contributed by atoms with Gasteiger partial charge in [0.2, 0.25) is 5.91 Å². The lowest BCUT2D eigenvalue weighted by Crippen LogP contribution is -2.42. The van der Waals surface area contributed by atoms with Crippen LogP contribution in [0.4, 0.5) is 5.13 Å². The molecule has 1 saturated carbocycles. The van der Waals surface area contributed by atoms with Crippen LogP contribution in [0.15, 0.2) is 18.2 Å². The van der Waals surface area contributed by atoms with Gasteiger partial charge in [0.15, 0.2) is 5.13 Å². The first-order valence-corrected chi connectivity index (χ1v) is 11.6. The number of anilines is 1. The van der Waals surface area contributed by atoms with Crippen LogP contribution in [-0.4, -0.2) is 48.6 Å². The number of ether oxygens (including phenoxy) is 1. The van der Waals surface area contributed by atoms with Crippen LogP contribution < -0.4 is 9.64 Å². The molecule has 0 radical (unpaired) electrons. The number of hydrogen-bond acceptors (Lipinski definition) is 5. The summed E-state index contributed by atoms with van der Waals surface area (Å²) in [5.74, 6) is 1.20. The van der Waals surface area contributed by atoms with E-state index < -0.39 is 0 Å². The zero-order chi connectivity index (χ0) is 19.9. The largest absolute Gasteiger partial charge is 0.492 e. The molecule has 0 bridgehead atoms. The molecule has 1 aromatic heterocycles. The molecular formula is C22H34ClN3O2S. The normalized spacial score (nSPS) is 14.8. The topological polar surface area (TPSA) is 45.7 Å². The van der Waals surface area contributed by atoms with E-state index >= 15 is 0 Å². The third-order valence-corrected chi connectivity index (χ3v) is 6.70. The number of carbonyl (C=O) groups excluding carboxylic acids is 1. The molecule has 162 valence electrons. The minimum atomic E-state index is 0. The summed E-state index contributed by atoms with van der Waals surface area (Å²) in [7, 11) is 0. The number of benzene rings is 1. The Hall–Kier alpha value is -1.37. The summed E-state index contributed by atoms with van der Waals surface area (Å²) in [5.41, 5.74) is 0.869. The smallest absolute Gasteiger partial charge is 0.231 e. The van der Waals surface area contributed by atoms with E-state index in [4.69, 9.17) is 9.72 Å². The van der Waals surface area contributed by atoms with Crippen LogP contribution in [0.1, 0.15) is 52.9 Å². The molecule has 0 atom stereocenters. The zero-order valence-electron chi connectivity index (χ0n) is 17.9. The van der Waals surface area contributed by atoms with Crippen molar-refractivity contribution >= 4 is 45.0 Å². The molecule has 0 unspecified atom stereocenters. The van der Waals surface area contributed by atoms with Crippen molar-refractivity contribution in [1.82, 2.24) is 9.88 Å². The van der Waals surface area contributed by atoms with E-state index in [0.29, 0.717) is 13.2 Å². The molecule has 0 N–H and O–H groups in total. The van der Waals surface area contributed by atoms with Crippen LogP contribution in [0, 0.1) is 5.92 Å². The van der Waals surface area contributed by atoms with Crippen molar-refractivity contribution in [2.75, 3.05) is 37.7 Å². The van der Waals surface area contributed by atoms with E-state index in [0.717, 1.165) is 66.4 Å². The first-order chi connectivity index (χ1) is 13.7. The van der Waals surface area contributed by atoms with Crippen LogP contribution in [-0.2, 0) is 4.79 Å². The van der Waals surface area contributed by atoms with Crippen molar-refractivity contribution in [2.45, 2.75) is 52.9 Å². The van der Waals surface area contributed by atoms with E-state index in [1.54, 1.807) is 11.3 Å². The predicted molar refractivity (Wildman–Crippen MR) is 125 cm³/mol. The summed E-state index contributed by atoms with van der Waals surface area (Å²) >= 11 is 1.60. The molecule has 1 aliphatic carbocycles. The second-order valence-corrected chi connectivity index (χ2v) is 8.39. The predicted octanol–water partition coefficient (Wildman–Crippen LogP) is 5.37. The van der Waals surface area contributed by atoms with Crippen molar-refractivity contribution in [2.24, 2.45) is 5.92 Å². The molecule has 29 heavy (non-hydrogen) atoms. The average molecular weight is 440 g/mol. The Morgan fingerprint density at radius 2 is 1.86 bits per heavy atom. The Bertz CT molecular complexity index is 773. The Labute approximate surface area is 184 Å². The van der Waals surface area contributed by atoms with Gasteiger partial charge < -0.3 is 9.64 Å². The number of rotatable bonds is 9. The van der Waals surface area contributed by atoms with Crippen molar-refractivity contribution in [3.63, 3.8) is 0 Å². The molecule has 0 spiro atoms. The van der Waals surface area contributed by atoms with Gasteiger partial charge in [-0.3, -0.25) is 9.69 Å². The Morgan fingerprint density at radius 3 is 2.52 bits per heavy atom. The van der Waals surface area contributed by atoms with Gasteiger partial charge in [-0.15, -0.1) is 12.4 Å². The second-order valence-electron chi connectivity index (χ2n) is 7.38. The van der Waals surface area contributed by atoms with Crippen molar-refractivity contribution in [1.29, 1.82) is 0 Å². The summed E-state index contributed by atoms with van der Waals surface area (Å²) in [5, 5.41) is 0.810. The van der Waals surface area contributed by atoms with Gasteiger partial charge in [0, 0.05) is 19.0 Å². The quantitative estimate of drug-likeness (QED) is 0.526. The first kappa shape index (κ1) is 23.9. The number of thiazole rings is 1. The number of fused-ring (bicyclic) bond motifs is 1. The summed E-state index contributed by atoms with van der Waals surface area (Å²) in [6.45, 7) is 10.5. The summed E-state index contributed by atoms with van der Waals surface area (Å²) in [4.78, 5) is 22.6. The fraction of sp³-hybridized carbons (Fsp3) is 0.636. The number of carbonyl (C=O) groups is 1. The molecule has 1 aromatic carbocycles. The lowest BCUT2D eigenvalue weighted by Gasteiger charge is -2.29. The highest BCUT2D eigenvalue weighted by molar-refractivity contribution is 7.22. The van der Waals surface area contributed by atoms with Crippen molar-refractivity contribution in [3.05, 3.63) is 18.2 Å². The van der Waals surface area contributed by atoms with Gasteiger partial charge in [-0.25, -0.2) is 4.98 Å². The molecule has 3 rings (SSSR count). The third kappa shape index (κ3) is 5.83. The maximum absolute atomic E-state index is 13.4. The highest BCUT2D eigenvalue weighted by Gasteiger charge is 2.29. The highest BCUT2D eigenvalue weighted by atomic mass is 35.5. The number of amides is 1. The number of likely N-dealkylation sites (N-methyl/N-ethyl adjacent to an activating group) is 1. The standard InChI is InChI=1S/C22H33N3O2S.ClH/c1-4-24(5-2)15-16-25(21(26)17-11-8-7-9-12-17)22-23-20-18(27-6-3)13-10-14-19(20)28-22;/h10,13-14,17H,4-9,11-12,15-16H2,1-3H3;1H. The maximum Gasteiger partial charge on any atom is 0.231 e. The van der Waals surface area contributed by atoms with E-state index in [1.807, 2.05) is 24.0 Å². The average Bonchev–Trinajstić information content (AvgIpc) is 3.17. The molecular weight excluding hydrogens is 406 g/mol. The Balaban J connectivity index is 0.00000300. The number of halogens is 1. The minimum absolute atomic E-state index is 0. The van der Waals surface area contributed by atoms with Gasteiger partial charge in [0.1, 0.15) is 11.3 Å². The van der Waals surface area contributed by atoms with E-state index in [2.05, 4.69) is 24.8 Å². The second kappa shape index (κ2) is 11.7. The van der Waals surface area contributed by atoms with Gasteiger partial charge in [0.05, 0.1) is 11.3 Å². The zero-order valence-corrected chi connectivity index (χ0v) is 19.5. The van der Waals surface area contributed by atoms with Crippen LogP contribution in [0.25, 0.3) is 10.2 Å². The van der Waals surface area contributed by atoms with Crippen LogP contribution in [0.5, 0.6) is 5.75 Å². The molecule has 5 nitrogen and oxygen atoms in total. The monoisotopic (exact) mass is 439 g/mol. The summed E-state index contributed by atoms with van der Waals surface area (Å²) < 4.78 is 6.83. The number of para-hydroxylation sites is 1. The van der Waals surface area contributed by atoms with Gasteiger partial charge >= 0.3 is 0 Å². The van der Waals surface area contributed by atoms with Gasteiger partial charge in [-0.2, -0.15) is 0 Å². The van der Waals surface area contributed by atoms with Gasteiger partial charge in [0.25, 0.3) is 0 Å². The molecule has 1 fully saturated rings. The highest BCUT2D eigenvalue weighted by Crippen LogP contribution is 2.36. The fourth-order valence-corrected chi connectivity index (χ4v) is 4.96. The molecule has 7 heteroatoms. The molecule has 2 aromatic rings. The minimum Gasteiger partial charge on any atom is -0.492 e. The van der Waals surface area contributed by atoms with Crippen LogP contribution in [0.2, 0.25) is 0 Å². The molecule has 0 saturated heterocycles. The van der Waals surface area contributed by atoms with E-state index in [9.17, 15) is 4.79 Å². The van der Waals surface area contributed by atoms with Gasteiger partial charge in [-0.1, -0.05) is 50.5 Å². The van der Waals surface area contributed by atoms with Crippen LogP contribution >= 0.6 is 23.7 Å². The van der Waals surface area contributed by atoms with Crippen LogP contribution in [0.3, 0.4) is 0 Å². The summed E-state index contributed by atoms with van der Waals surface area (Å²) in [6.07, 6.45) is 5.59. The fourth-order valence-electron chi connectivity index (χ4n) is 3.95. The van der Waals surface area contributed by atoms with Gasteiger partial charge in [-0.05, 0) is 45.0 Å². The number of hydrogen-bond donors (Lipinski definition) is 0. The molecule has 1 aliphatic rings. The van der Waals surface area contributed by atoms with Crippen molar-refractivity contribution < 1.29 is 9.53 Å². The Kier molecular flexibility index (Phi) is 9.66. The first-order valence-electron chi connectivity index (χ1n) is 10.7. The van der Waals surface area contributed by atoms with E-state index in [-0.39, 0.29) is 24.2 Å². The molecule has 1 amide bonds. The lowest BCUT2D eigenvalue weighted by molar-refractivity contribution is -0.123. The number of aromatic nitrogens is 1. The van der Waals surface area contributed by atoms with E-state index in [1.165, 1.54) is 6.42 Å². The summed E-state index contributed by atoms with van der Waals surface area (Å²) in [6, 6.07) is 6.02.